The van der Waals surface area contributed by atoms with Gasteiger partial charge in [0.25, 0.3) is 0 Å². The van der Waals surface area contributed by atoms with E-state index in [4.69, 9.17) is 15.7 Å². The zero-order valence-corrected chi connectivity index (χ0v) is 20.5. The highest BCUT2D eigenvalue weighted by Gasteiger charge is 2.31. The first-order valence-corrected chi connectivity index (χ1v) is 12.3. The number of rotatable bonds is 10. The molecule has 2 aromatic rings. The molecule has 1 amide bonds. The summed E-state index contributed by atoms with van der Waals surface area (Å²) in [5.74, 6) is 0. The molecule has 0 heterocycles. The molecule has 0 spiro atoms. The quantitative estimate of drug-likeness (QED) is 0.436. The van der Waals surface area contributed by atoms with Gasteiger partial charge in [-0.25, -0.2) is 13.2 Å². The standard InChI is InChI=1S/C24H32N4O5S/c1-24(2,3)33-23(30)27-21(15-18-9-5-4-6-10-18)22(29)17-28(14-8-13-25)34(31,32)20-12-7-11-19(26)16-20/h4-7,9-12,16,21-22,29H,8,14-15,17,26H2,1-3H3,(H,27,30). The van der Waals surface area contributed by atoms with Crippen LogP contribution in [0.4, 0.5) is 10.5 Å². The van der Waals surface area contributed by atoms with Crippen molar-refractivity contribution in [1.29, 1.82) is 5.26 Å². The molecule has 0 fully saturated rings. The van der Waals surface area contributed by atoms with Crippen LogP contribution in [0.2, 0.25) is 0 Å². The van der Waals surface area contributed by atoms with Crippen molar-refractivity contribution in [1.82, 2.24) is 9.62 Å². The number of carbonyl (C=O) groups is 1. The number of nitrogens with zero attached hydrogens (tertiary/aromatic N) is 2. The lowest BCUT2D eigenvalue weighted by Gasteiger charge is -2.30. The minimum absolute atomic E-state index is 0.0441. The lowest BCUT2D eigenvalue weighted by atomic mass is 10.0. The number of nitrogens with two attached hydrogens (primary N) is 1. The van der Waals surface area contributed by atoms with Gasteiger partial charge in [-0.2, -0.15) is 9.57 Å². The number of amides is 1. The van der Waals surface area contributed by atoms with E-state index in [0.29, 0.717) is 0 Å². The fourth-order valence-corrected chi connectivity index (χ4v) is 4.77. The third kappa shape index (κ3) is 8.33. The molecule has 0 aliphatic rings. The fraction of sp³-hybridized carbons (Fsp3) is 0.417. The normalized spacial score (nSPS) is 13.6. The SMILES string of the molecule is CC(C)(C)OC(=O)NC(Cc1ccccc1)C(O)CN(CCC#N)S(=O)(=O)c1cccc(N)c1. The van der Waals surface area contributed by atoms with E-state index in [0.717, 1.165) is 9.87 Å². The molecule has 0 aliphatic heterocycles. The Labute approximate surface area is 201 Å². The molecule has 9 nitrogen and oxygen atoms in total. The van der Waals surface area contributed by atoms with E-state index in [-0.39, 0.29) is 36.5 Å². The molecule has 10 heteroatoms. The molecule has 2 atom stereocenters. The third-order valence-electron chi connectivity index (χ3n) is 4.82. The highest BCUT2D eigenvalue weighted by atomic mass is 32.2. The molecule has 2 aromatic carbocycles. The number of nitrogens with one attached hydrogen (secondary N) is 1. The van der Waals surface area contributed by atoms with Crippen molar-refractivity contribution in [2.24, 2.45) is 0 Å². The van der Waals surface area contributed by atoms with Gasteiger partial charge in [-0.15, -0.1) is 0 Å². The molecule has 0 aliphatic carbocycles. The molecule has 0 saturated heterocycles. The smallest absolute Gasteiger partial charge is 0.407 e. The van der Waals surface area contributed by atoms with Gasteiger partial charge >= 0.3 is 6.09 Å². The number of sulfonamides is 1. The van der Waals surface area contributed by atoms with Gasteiger partial charge in [0.2, 0.25) is 10.0 Å². The fourth-order valence-electron chi connectivity index (χ4n) is 3.25. The van der Waals surface area contributed by atoms with E-state index in [1.54, 1.807) is 26.8 Å². The topological polar surface area (TPSA) is 146 Å². The summed E-state index contributed by atoms with van der Waals surface area (Å²) in [6, 6.07) is 16.1. The van der Waals surface area contributed by atoms with Crippen LogP contribution in [0.3, 0.4) is 0 Å². The van der Waals surface area contributed by atoms with Crippen LogP contribution in [-0.2, 0) is 21.2 Å². The zero-order valence-electron chi connectivity index (χ0n) is 19.6. The highest BCUT2D eigenvalue weighted by molar-refractivity contribution is 7.89. The van der Waals surface area contributed by atoms with Gasteiger partial charge in [-0.3, -0.25) is 0 Å². The molecule has 0 radical (unpaired) electrons. The molecule has 2 rings (SSSR count). The minimum atomic E-state index is -4.06. The first-order chi connectivity index (χ1) is 15.9. The van der Waals surface area contributed by atoms with Crippen LogP contribution >= 0.6 is 0 Å². The summed E-state index contributed by atoms with van der Waals surface area (Å²) in [6.45, 7) is 4.69. The maximum atomic E-state index is 13.3. The number of hydrogen-bond acceptors (Lipinski definition) is 7. The highest BCUT2D eigenvalue weighted by Crippen LogP contribution is 2.20. The number of alkyl carbamates (subject to hydrolysis) is 1. The number of anilines is 1. The molecular weight excluding hydrogens is 456 g/mol. The summed E-state index contributed by atoms with van der Waals surface area (Å²) < 4.78 is 32.9. The second-order valence-corrected chi connectivity index (χ2v) is 10.8. The molecule has 2 unspecified atom stereocenters. The molecule has 0 bridgehead atoms. The summed E-state index contributed by atoms with van der Waals surface area (Å²) in [5.41, 5.74) is 6.11. The predicted molar refractivity (Wildman–Crippen MR) is 129 cm³/mol. The molecular formula is C24H32N4O5S. The summed E-state index contributed by atoms with van der Waals surface area (Å²) in [5, 5.41) is 22.8. The summed E-state index contributed by atoms with van der Waals surface area (Å²) >= 11 is 0. The Morgan fingerprint density at radius 3 is 2.47 bits per heavy atom. The number of hydrogen-bond donors (Lipinski definition) is 3. The number of nitrogen functional groups attached to an aromatic ring is 1. The third-order valence-corrected chi connectivity index (χ3v) is 6.69. The van der Waals surface area contributed by atoms with Crippen LogP contribution in [-0.4, -0.2) is 54.8 Å². The Balaban J connectivity index is 2.31. The number of aliphatic hydroxyl groups excluding tert-OH is 1. The van der Waals surface area contributed by atoms with Gasteiger partial charge in [0, 0.05) is 25.2 Å². The van der Waals surface area contributed by atoms with Crippen LogP contribution in [0.5, 0.6) is 0 Å². The van der Waals surface area contributed by atoms with Crippen molar-refractivity contribution in [3.63, 3.8) is 0 Å². The van der Waals surface area contributed by atoms with Gasteiger partial charge < -0.3 is 20.9 Å². The van der Waals surface area contributed by atoms with Crippen LogP contribution in [0.15, 0.2) is 59.5 Å². The van der Waals surface area contributed by atoms with Crippen molar-refractivity contribution in [2.75, 3.05) is 18.8 Å². The van der Waals surface area contributed by atoms with Crippen LogP contribution < -0.4 is 11.1 Å². The molecule has 4 N–H and O–H groups in total. The maximum absolute atomic E-state index is 13.3. The van der Waals surface area contributed by atoms with Crippen molar-refractivity contribution < 1.29 is 23.1 Å². The van der Waals surface area contributed by atoms with Gasteiger partial charge in [-0.1, -0.05) is 36.4 Å². The summed E-state index contributed by atoms with van der Waals surface area (Å²) in [4.78, 5) is 12.4. The van der Waals surface area contributed by atoms with E-state index >= 15 is 0 Å². The number of aliphatic hydroxyl groups is 1. The lowest BCUT2D eigenvalue weighted by molar-refractivity contribution is 0.0403. The second kappa shape index (κ2) is 11.8. The summed E-state index contributed by atoms with van der Waals surface area (Å²) in [7, 11) is -4.06. The molecule has 34 heavy (non-hydrogen) atoms. The Morgan fingerprint density at radius 2 is 1.88 bits per heavy atom. The van der Waals surface area contributed by atoms with Crippen LogP contribution in [0.1, 0.15) is 32.8 Å². The largest absolute Gasteiger partial charge is 0.444 e. The Kier molecular flexibility index (Phi) is 9.44. The average molecular weight is 489 g/mol. The van der Waals surface area contributed by atoms with Crippen LogP contribution in [0.25, 0.3) is 0 Å². The zero-order chi connectivity index (χ0) is 25.4. The number of carbonyl (C=O) groups excluding carboxylic acids is 1. The van der Waals surface area contributed by atoms with Gasteiger partial charge in [0.05, 0.1) is 23.1 Å². The first-order valence-electron chi connectivity index (χ1n) is 10.9. The molecule has 184 valence electrons. The minimum Gasteiger partial charge on any atom is -0.444 e. The number of nitriles is 1. The Hall–Kier alpha value is -3.13. The maximum Gasteiger partial charge on any atom is 0.407 e. The monoisotopic (exact) mass is 488 g/mol. The van der Waals surface area contributed by atoms with E-state index in [1.165, 1.54) is 18.2 Å². The van der Waals surface area contributed by atoms with Crippen molar-refractivity contribution in [3.8, 4) is 6.07 Å². The van der Waals surface area contributed by atoms with Gasteiger partial charge in [-0.05, 0) is 51.0 Å². The van der Waals surface area contributed by atoms with Crippen molar-refractivity contribution in [2.45, 2.75) is 56.3 Å². The van der Waals surface area contributed by atoms with Gasteiger partial charge in [0.1, 0.15) is 5.60 Å². The van der Waals surface area contributed by atoms with E-state index in [9.17, 15) is 18.3 Å². The van der Waals surface area contributed by atoms with Crippen LogP contribution in [0, 0.1) is 11.3 Å². The first kappa shape index (κ1) is 27.1. The van der Waals surface area contributed by atoms with Crippen molar-refractivity contribution in [3.05, 3.63) is 60.2 Å². The van der Waals surface area contributed by atoms with E-state index < -0.39 is 33.9 Å². The summed E-state index contributed by atoms with van der Waals surface area (Å²) in [6.07, 6.45) is -1.85. The number of ether oxygens (including phenoxy) is 1. The lowest BCUT2D eigenvalue weighted by Crippen LogP contribution is -2.51. The second-order valence-electron chi connectivity index (χ2n) is 8.85. The average Bonchev–Trinajstić information content (AvgIpc) is 2.75. The molecule has 0 saturated carbocycles. The molecule has 0 aromatic heterocycles. The van der Waals surface area contributed by atoms with Gasteiger partial charge in [0.15, 0.2) is 0 Å². The predicted octanol–water partition coefficient (Wildman–Crippen LogP) is 2.67. The Morgan fingerprint density at radius 1 is 1.21 bits per heavy atom. The number of benzene rings is 2. The van der Waals surface area contributed by atoms with E-state index in [1.807, 2.05) is 36.4 Å². The van der Waals surface area contributed by atoms with Crippen molar-refractivity contribution >= 4 is 21.8 Å². The Bertz CT molecular complexity index is 1090. The van der Waals surface area contributed by atoms with E-state index in [2.05, 4.69) is 5.32 Å².